The first kappa shape index (κ1) is 30.4. The Morgan fingerprint density at radius 1 is 0.537 bits per heavy atom. The average Bonchev–Trinajstić information content (AvgIpc) is 2.99. The van der Waals surface area contributed by atoms with Crippen molar-refractivity contribution in [3.8, 4) is 17.2 Å². The number of hydrogen-bond acceptors (Lipinski definition) is 3. The fourth-order valence-corrected chi connectivity index (χ4v) is 9.52. The monoisotopic (exact) mass is 672 g/mol. The van der Waals surface area contributed by atoms with Crippen LogP contribution < -0.4 is 44.6 Å². The molecule has 0 saturated heterocycles. The molecular weight excluding hydrogens is 638 g/mol. The molecule has 2 N–H and O–H groups in total. The molecule has 0 aliphatic heterocycles. The number of unbranched alkanes of at least 4 members (excludes halogenated alkanes) is 1. The van der Waals surface area contributed by atoms with Crippen LogP contribution in [0.2, 0.25) is 0 Å². The van der Waals surface area contributed by atoms with Gasteiger partial charge < -0.3 is 38.9 Å². The number of benzene rings is 5. The molecule has 0 heterocycles. The third kappa shape index (κ3) is 7.78. The third-order valence-corrected chi connectivity index (χ3v) is 11.5. The quantitative estimate of drug-likeness (QED) is 0.0947. The van der Waals surface area contributed by atoms with Crippen LogP contribution in [0.3, 0.4) is 0 Å². The molecule has 5 aromatic carbocycles. The van der Waals surface area contributed by atoms with Crippen molar-refractivity contribution in [3.05, 3.63) is 145 Å². The van der Waals surface area contributed by atoms with E-state index >= 15 is 0 Å². The molecule has 5 heteroatoms. The van der Waals surface area contributed by atoms with Crippen molar-refractivity contribution < 1.29 is 38.9 Å². The van der Waals surface area contributed by atoms with Crippen LogP contribution in [0.25, 0.3) is 12.2 Å². The predicted molar refractivity (Wildman–Crippen MR) is 170 cm³/mol. The zero-order valence-electron chi connectivity index (χ0n) is 22.8. The van der Waals surface area contributed by atoms with Gasteiger partial charge in [-0.25, -0.2) is 0 Å². The Balaban J connectivity index is 0.00000387. The van der Waals surface area contributed by atoms with Crippen molar-refractivity contribution in [2.45, 2.75) is 12.8 Å². The first-order valence-electron chi connectivity index (χ1n) is 13.6. The topological polar surface area (TPSA) is 49.7 Å². The van der Waals surface area contributed by atoms with Crippen molar-refractivity contribution in [2.75, 3.05) is 12.8 Å². The largest absolute Gasteiger partial charge is 1.00 e. The summed E-state index contributed by atoms with van der Waals surface area (Å²) in [7, 11) is -1.81. The fraction of sp³-hybridized carbons (Fsp3) is 0.111. The lowest BCUT2D eigenvalue weighted by Gasteiger charge is -2.27. The highest BCUT2D eigenvalue weighted by Gasteiger charge is 2.44. The molecule has 0 aliphatic carbocycles. The standard InChI is InChI=1S/C36H33O3P.HI/c37-31-26-30(27-32(38)28-31)19-18-29-20-22-33(23-21-29)39-24-10-11-25-40(34-12-4-1-5-13-34,35-14-6-2-7-15-35)36-16-8-3-9-17-36;/h1-9,12-23,26-28H,10-11,24-25H2,(H-,37,38);1H/b19-18+;. The highest BCUT2D eigenvalue weighted by atomic mass is 127. The summed E-state index contributed by atoms with van der Waals surface area (Å²) in [5.74, 6) is 0.931. The molecule has 0 unspecified atom stereocenters. The molecule has 0 amide bonds. The molecule has 0 spiro atoms. The second kappa shape index (κ2) is 14.9. The predicted octanol–water partition coefficient (Wildman–Crippen LogP) is 4.43. The van der Waals surface area contributed by atoms with E-state index in [9.17, 15) is 10.2 Å². The van der Waals surface area contributed by atoms with E-state index in [0.717, 1.165) is 35.9 Å². The van der Waals surface area contributed by atoms with Crippen LogP contribution in [-0.4, -0.2) is 23.0 Å². The summed E-state index contributed by atoms with van der Waals surface area (Å²) in [5, 5.41) is 23.6. The summed E-state index contributed by atoms with van der Waals surface area (Å²) >= 11 is 0. The normalized spacial score (nSPS) is 11.2. The Labute approximate surface area is 260 Å². The Morgan fingerprint density at radius 2 is 1.00 bits per heavy atom. The van der Waals surface area contributed by atoms with Crippen molar-refractivity contribution in [3.63, 3.8) is 0 Å². The molecule has 3 nitrogen and oxygen atoms in total. The van der Waals surface area contributed by atoms with Gasteiger partial charge in [0.05, 0.1) is 12.8 Å². The maximum absolute atomic E-state index is 9.66. The van der Waals surface area contributed by atoms with Crippen LogP contribution in [0.4, 0.5) is 0 Å². The third-order valence-electron chi connectivity index (χ3n) is 7.02. The van der Waals surface area contributed by atoms with Gasteiger partial charge in [0.1, 0.15) is 40.4 Å². The Morgan fingerprint density at radius 3 is 1.49 bits per heavy atom. The molecule has 0 aromatic heterocycles. The lowest BCUT2D eigenvalue weighted by atomic mass is 10.1. The van der Waals surface area contributed by atoms with E-state index in [0.29, 0.717) is 6.61 Å². The summed E-state index contributed by atoms with van der Waals surface area (Å²) in [6, 6.07) is 45.5. The second-order valence-corrected chi connectivity index (χ2v) is 13.4. The number of aromatic hydroxyl groups is 2. The molecule has 41 heavy (non-hydrogen) atoms. The minimum absolute atomic E-state index is 0. The van der Waals surface area contributed by atoms with Gasteiger partial charge in [-0.2, -0.15) is 0 Å². The summed E-state index contributed by atoms with van der Waals surface area (Å²) in [5.41, 5.74) is 1.75. The molecular formula is C36H34IO3P. The first-order chi connectivity index (χ1) is 19.6. The zero-order valence-corrected chi connectivity index (χ0v) is 25.9. The van der Waals surface area contributed by atoms with E-state index in [1.54, 1.807) is 12.1 Å². The number of phenolic OH excluding ortho intramolecular Hbond substituents is 2. The number of hydrogen-bond donors (Lipinski definition) is 2. The van der Waals surface area contributed by atoms with E-state index in [1.165, 1.54) is 22.0 Å². The van der Waals surface area contributed by atoms with Crippen LogP contribution in [-0.2, 0) is 0 Å². The molecule has 0 fully saturated rings. The van der Waals surface area contributed by atoms with Crippen LogP contribution in [0.1, 0.15) is 24.0 Å². The lowest BCUT2D eigenvalue weighted by molar-refractivity contribution is -0.0000104. The molecule has 0 aliphatic rings. The van der Waals surface area contributed by atoms with Crippen molar-refractivity contribution >= 4 is 35.3 Å². The Hall–Kier alpha value is -3.60. The van der Waals surface area contributed by atoms with E-state index < -0.39 is 7.26 Å². The molecule has 208 valence electrons. The molecule has 0 atom stereocenters. The summed E-state index contributed by atoms with van der Waals surface area (Å²) in [6.45, 7) is 0.663. The SMILES string of the molecule is Oc1cc(O)cc(/C=C/c2ccc(OCCCC[P+](c3ccccc3)(c3ccccc3)c3ccccc3)cc2)c1.[I-]. The molecule has 5 aromatic rings. The number of halogens is 1. The van der Waals surface area contributed by atoms with Crippen LogP contribution in [0.5, 0.6) is 17.2 Å². The molecule has 0 radical (unpaired) electrons. The van der Waals surface area contributed by atoms with Crippen molar-refractivity contribution in [1.29, 1.82) is 0 Å². The highest BCUT2D eigenvalue weighted by molar-refractivity contribution is 7.95. The average molecular weight is 673 g/mol. The van der Waals surface area contributed by atoms with Gasteiger partial charge in [0, 0.05) is 6.07 Å². The van der Waals surface area contributed by atoms with Gasteiger partial charge in [-0.3, -0.25) is 0 Å². The van der Waals surface area contributed by atoms with Crippen LogP contribution in [0, 0.1) is 0 Å². The first-order valence-corrected chi connectivity index (χ1v) is 15.6. The smallest absolute Gasteiger partial charge is 0.119 e. The van der Waals surface area contributed by atoms with Gasteiger partial charge in [0.25, 0.3) is 0 Å². The summed E-state index contributed by atoms with van der Waals surface area (Å²) in [4.78, 5) is 0. The number of phenols is 2. The van der Waals surface area contributed by atoms with Crippen molar-refractivity contribution in [2.24, 2.45) is 0 Å². The van der Waals surface area contributed by atoms with Gasteiger partial charge >= 0.3 is 0 Å². The maximum atomic E-state index is 9.66. The minimum Gasteiger partial charge on any atom is -1.00 e. The molecule has 0 bridgehead atoms. The van der Waals surface area contributed by atoms with E-state index in [2.05, 4.69) is 91.0 Å². The number of ether oxygens (including phenoxy) is 1. The minimum atomic E-state index is -1.81. The van der Waals surface area contributed by atoms with Crippen LogP contribution in [0.15, 0.2) is 133 Å². The number of rotatable bonds is 11. The Kier molecular flexibility index (Phi) is 11.0. The van der Waals surface area contributed by atoms with E-state index in [1.807, 2.05) is 36.4 Å². The van der Waals surface area contributed by atoms with Gasteiger partial charge in [0.15, 0.2) is 0 Å². The summed E-state index contributed by atoms with van der Waals surface area (Å²) in [6.07, 6.45) is 6.92. The second-order valence-electron chi connectivity index (χ2n) is 9.78. The summed E-state index contributed by atoms with van der Waals surface area (Å²) < 4.78 is 6.11. The van der Waals surface area contributed by atoms with Crippen LogP contribution >= 0.6 is 7.26 Å². The fourth-order valence-electron chi connectivity index (χ4n) is 5.10. The zero-order chi connectivity index (χ0) is 27.6. The Bertz CT molecular complexity index is 1410. The van der Waals surface area contributed by atoms with Gasteiger partial charge in [-0.15, -0.1) is 0 Å². The van der Waals surface area contributed by atoms with E-state index in [4.69, 9.17) is 4.74 Å². The molecule has 0 saturated carbocycles. The van der Waals surface area contributed by atoms with E-state index in [-0.39, 0.29) is 35.5 Å². The maximum Gasteiger partial charge on any atom is 0.119 e. The van der Waals surface area contributed by atoms with Gasteiger partial charge in [-0.1, -0.05) is 78.9 Å². The van der Waals surface area contributed by atoms with Gasteiger partial charge in [-0.05, 0) is 84.6 Å². The van der Waals surface area contributed by atoms with Crippen molar-refractivity contribution in [1.82, 2.24) is 0 Å². The van der Waals surface area contributed by atoms with Gasteiger partial charge in [0.2, 0.25) is 0 Å². The lowest BCUT2D eigenvalue weighted by Crippen LogP contribution is -3.00. The highest BCUT2D eigenvalue weighted by Crippen LogP contribution is 2.55. The molecule has 5 rings (SSSR count).